The van der Waals surface area contributed by atoms with Crippen LogP contribution >= 0.6 is 11.6 Å². The van der Waals surface area contributed by atoms with Crippen molar-refractivity contribution in [2.75, 3.05) is 7.11 Å². The van der Waals surface area contributed by atoms with Gasteiger partial charge in [-0.15, -0.1) is 0 Å². The monoisotopic (exact) mass is 321 g/mol. The van der Waals surface area contributed by atoms with Crippen molar-refractivity contribution in [3.63, 3.8) is 0 Å². The van der Waals surface area contributed by atoms with Gasteiger partial charge in [-0.2, -0.15) is 0 Å². The summed E-state index contributed by atoms with van der Waals surface area (Å²) in [7, 11) is -2.54. The maximum absolute atomic E-state index is 12.2. The van der Waals surface area contributed by atoms with Crippen LogP contribution in [0.2, 0.25) is 5.02 Å². The Kier molecular flexibility index (Phi) is 5.79. The van der Waals surface area contributed by atoms with Gasteiger partial charge in [0.05, 0.1) is 13.5 Å². The van der Waals surface area contributed by atoms with Gasteiger partial charge in [0.15, 0.2) is 0 Å². The lowest BCUT2D eigenvalue weighted by atomic mass is 10.2. The van der Waals surface area contributed by atoms with Crippen LogP contribution < -0.4 is 9.46 Å². The number of halogens is 1. The molecule has 1 aromatic carbocycles. The molecule has 112 valence electrons. The predicted molar refractivity (Wildman–Crippen MR) is 74.7 cm³/mol. The average molecular weight is 322 g/mol. The first-order valence-corrected chi connectivity index (χ1v) is 7.74. The van der Waals surface area contributed by atoms with Gasteiger partial charge in [0, 0.05) is 17.1 Å². The minimum atomic E-state index is -3.87. The van der Waals surface area contributed by atoms with Gasteiger partial charge in [-0.3, -0.25) is 4.79 Å². The van der Waals surface area contributed by atoms with Gasteiger partial charge < -0.3 is 9.84 Å². The molecule has 0 bridgehead atoms. The molecule has 8 heteroatoms. The van der Waals surface area contributed by atoms with Crippen LogP contribution in [-0.4, -0.2) is 32.6 Å². The second-order valence-electron chi connectivity index (χ2n) is 4.12. The number of benzene rings is 1. The van der Waals surface area contributed by atoms with E-state index in [9.17, 15) is 13.2 Å². The van der Waals surface area contributed by atoms with E-state index >= 15 is 0 Å². The van der Waals surface area contributed by atoms with Crippen LogP contribution in [0.4, 0.5) is 0 Å². The summed E-state index contributed by atoms with van der Waals surface area (Å²) in [5, 5.41) is 9.09. The summed E-state index contributed by atoms with van der Waals surface area (Å²) < 4.78 is 31.8. The summed E-state index contributed by atoms with van der Waals surface area (Å²) in [6, 6.07) is 3.44. The molecule has 0 saturated heterocycles. The van der Waals surface area contributed by atoms with Crippen LogP contribution in [0, 0.1) is 0 Å². The molecule has 0 aromatic heterocycles. The topological polar surface area (TPSA) is 92.7 Å². The number of hydrogen-bond acceptors (Lipinski definition) is 4. The standard InChI is InChI=1S/C12H16ClNO5S/c1-3-9(7-12(15)16)14-20(17,18)11-5-4-8(13)6-10(11)19-2/h4-6,9,14H,3,7H2,1-2H3,(H,15,16). The highest BCUT2D eigenvalue weighted by Crippen LogP contribution is 2.27. The number of carboxylic acids is 1. The van der Waals surface area contributed by atoms with Gasteiger partial charge in [-0.05, 0) is 18.6 Å². The number of carbonyl (C=O) groups is 1. The van der Waals surface area contributed by atoms with Gasteiger partial charge >= 0.3 is 5.97 Å². The Morgan fingerprint density at radius 2 is 2.15 bits per heavy atom. The number of methoxy groups -OCH3 is 1. The first-order chi connectivity index (χ1) is 9.30. The summed E-state index contributed by atoms with van der Waals surface area (Å²) in [5.41, 5.74) is 0. The molecule has 1 atom stereocenters. The predicted octanol–water partition coefficient (Wildman–Crippen LogP) is 1.88. The molecular formula is C12H16ClNO5S. The van der Waals surface area contributed by atoms with Crippen LogP contribution in [-0.2, 0) is 14.8 Å². The lowest BCUT2D eigenvalue weighted by molar-refractivity contribution is -0.137. The van der Waals surface area contributed by atoms with Crippen molar-refractivity contribution < 1.29 is 23.1 Å². The van der Waals surface area contributed by atoms with Crippen LogP contribution in [0.3, 0.4) is 0 Å². The minimum Gasteiger partial charge on any atom is -0.495 e. The van der Waals surface area contributed by atoms with Crippen molar-refractivity contribution in [1.82, 2.24) is 4.72 Å². The van der Waals surface area contributed by atoms with E-state index in [1.807, 2.05) is 0 Å². The SMILES string of the molecule is CCC(CC(=O)O)NS(=O)(=O)c1ccc(Cl)cc1OC. The Morgan fingerprint density at radius 1 is 1.50 bits per heavy atom. The fraction of sp³-hybridized carbons (Fsp3) is 0.417. The largest absolute Gasteiger partial charge is 0.495 e. The molecule has 1 aromatic rings. The fourth-order valence-corrected chi connectivity index (χ4v) is 3.26. The maximum Gasteiger partial charge on any atom is 0.304 e. The Hall–Kier alpha value is -1.31. The second kappa shape index (κ2) is 6.92. The third kappa shape index (κ3) is 4.36. The zero-order valence-corrected chi connectivity index (χ0v) is 12.7. The highest BCUT2D eigenvalue weighted by atomic mass is 35.5. The first-order valence-electron chi connectivity index (χ1n) is 5.87. The van der Waals surface area contributed by atoms with Crippen molar-refractivity contribution in [2.24, 2.45) is 0 Å². The van der Waals surface area contributed by atoms with Crippen LogP contribution in [0.1, 0.15) is 19.8 Å². The third-order valence-electron chi connectivity index (χ3n) is 2.65. The molecule has 1 rings (SSSR count). The summed E-state index contributed by atoms with van der Waals surface area (Å²) in [6.45, 7) is 1.70. The molecular weight excluding hydrogens is 306 g/mol. The highest BCUT2D eigenvalue weighted by molar-refractivity contribution is 7.89. The Labute approximate surface area is 122 Å². The van der Waals surface area contributed by atoms with E-state index in [0.717, 1.165) is 0 Å². The number of sulfonamides is 1. The van der Waals surface area contributed by atoms with E-state index in [4.69, 9.17) is 21.4 Å². The fourth-order valence-electron chi connectivity index (χ4n) is 1.63. The van der Waals surface area contributed by atoms with Crippen LogP contribution in [0.15, 0.2) is 23.1 Å². The molecule has 0 radical (unpaired) electrons. The normalized spacial score (nSPS) is 12.9. The van der Waals surface area contributed by atoms with Crippen molar-refractivity contribution >= 4 is 27.6 Å². The minimum absolute atomic E-state index is 0.0757. The van der Waals surface area contributed by atoms with Crippen molar-refractivity contribution in [3.8, 4) is 5.75 Å². The molecule has 0 spiro atoms. The third-order valence-corrected chi connectivity index (χ3v) is 4.45. The average Bonchev–Trinajstić information content (AvgIpc) is 2.36. The Bertz CT molecular complexity index is 588. The molecule has 2 N–H and O–H groups in total. The molecule has 0 aliphatic rings. The lowest BCUT2D eigenvalue weighted by Crippen LogP contribution is -2.36. The first kappa shape index (κ1) is 16.7. The molecule has 6 nitrogen and oxygen atoms in total. The quantitative estimate of drug-likeness (QED) is 0.800. The summed E-state index contributed by atoms with van der Waals surface area (Å²) >= 11 is 5.77. The zero-order chi connectivity index (χ0) is 15.3. The van der Waals surface area contributed by atoms with Gasteiger partial charge in [0.1, 0.15) is 10.6 Å². The zero-order valence-electron chi connectivity index (χ0n) is 11.1. The summed E-state index contributed by atoms with van der Waals surface area (Å²) in [4.78, 5) is 10.6. The Balaban J connectivity index is 3.07. The van der Waals surface area contributed by atoms with E-state index in [-0.39, 0.29) is 17.1 Å². The molecule has 20 heavy (non-hydrogen) atoms. The molecule has 0 heterocycles. The highest BCUT2D eigenvalue weighted by Gasteiger charge is 2.24. The molecule has 0 fully saturated rings. The van der Waals surface area contributed by atoms with Crippen molar-refractivity contribution in [2.45, 2.75) is 30.7 Å². The van der Waals surface area contributed by atoms with E-state index in [1.54, 1.807) is 6.92 Å². The van der Waals surface area contributed by atoms with Crippen molar-refractivity contribution in [1.29, 1.82) is 0 Å². The van der Waals surface area contributed by atoms with Gasteiger partial charge in [0.25, 0.3) is 0 Å². The number of ether oxygens (including phenoxy) is 1. The van der Waals surface area contributed by atoms with E-state index in [0.29, 0.717) is 11.4 Å². The number of hydrogen-bond donors (Lipinski definition) is 2. The van der Waals surface area contributed by atoms with Gasteiger partial charge in [-0.25, -0.2) is 13.1 Å². The van der Waals surface area contributed by atoms with Crippen LogP contribution in [0.5, 0.6) is 5.75 Å². The smallest absolute Gasteiger partial charge is 0.304 e. The lowest BCUT2D eigenvalue weighted by Gasteiger charge is -2.16. The number of rotatable bonds is 7. The molecule has 0 aliphatic heterocycles. The van der Waals surface area contributed by atoms with Gasteiger partial charge in [-0.1, -0.05) is 18.5 Å². The van der Waals surface area contributed by atoms with Crippen molar-refractivity contribution in [3.05, 3.63) is 23.2 Å². The number of nitrogens with one attached hydrogen (secondary N) is 1. The number of carboxylic acid groups (broad SMARTS) is 1. The molecule has 0 aliphatic carbocycles. The molecule has 0 amide bonds. The molecule has 0 saturated carbocycles. The summed E-state index contributed by atoms with van der Waals surface area (Å²) in [5.74, 6) is -0.960. The Morgan fingerprint density at radius 3 is 2.65 bits per heavy atom. The summed E-state index contributed by atoms with van der Waals surface area (Å²) in [6.07, 6.45) is 0.0765. The maximum atomic E-state index is 12.2. The number of aliphatic carboxylic acids is 1. The van der Waals surface area contributed by atoms with Crippen LogP contribution in [0.25, 0.3) is 0 Å². The van der Waals surface area contributed by atoms with E-state index < -0.39 is 22.0 Å². The van der Waals surface area contributed by atoms with E-state index in [1.165, 1.54) is 25.3 Å². The van der Waals surface area contributed by atoms with Gasteiger partial charge in [0.2, 0.25) is 10.0 Å². The van der Waals surface area contributed by atoms with E-state index in [2.05, 4.69) is 4.72 Å². The second-order valence-corrected chi connectivity index (χ2v) is 6.24. The molecule has 1 unspecified atom stereocenters.